The van der Waals surface area contributed by atoms with Crippen LogP contribution in [0.3, 0.4) is 0 Å². The lowest BCUT2D eigenvalue weighted by Gasteiger charge is -2.22. The van der Waals surface area contributed by atoms with Crippen molar-refractivity contribution in [3.63, 3.8) is 0 Å². The van der Waals surface area contributed by atoms with Crippen LogP contribution in [0.25, 0.3) is 0 Å². The van der Waals surface area contributed by atoms with Gasteiger partial charge in [-0.3, -0.25) is 0 Å². The SMILES string of the molecule is CCC(C)C(C)Nc1ccc(F)c(N)c1C(=O)O. The summed E-state index contributed by atoms with van der Waals surface area (Å²) in [5.41, 5.74) is 5.30. The first-order valence-corrected chi connectivity index (χ1v) is 5.96. The van der Waals surface area contributed by atoms with E-state index in [1.807, 2.05) is 6.92 Å². The standard InChI is InChI=1S/C13H19FN2O2/c1-4-7(2)8(3)16-10-6-5-9(14)12(15)11(10)13(17)18/h5-8,16H,4,15H2,1-3H3,(H,17,18). The molecule has 0 amide bonds. The van der Waals surface area contributed by atoms with Crippen molar-refractivity contribution < 1.29 is 14.3 Å². The number of nitrogen functional groups attached to an aromatic ring is 1. The molecule has 100 valence electrons. The highest BCUT2D eigenvalue weighted by molar-refractivity contribution is 6.00. The zero-order valence-electron chi connectivity index (χ0n) is 10.8. The predicted octanol–water partition coefficient (Wildman–Crippen LogP) is 2.95. The molecule has 4 N–H and O–H groups in total. The number of halogens is 1. The van der Waals surface area contributed by atoms with Gasteiger partial charge in [0.05, 0.1) is 11.4 Å². The molecule has 0 saturated heterocycles. The van der Waals surface area contributed by atoms with Crippen LogP contribution in [0.4, 0.5) is 15.8 Å². The third-order valence-electron chi connectivity index (χ3n) is 3.29. The fourth-order valence-electron chi connectivity index (χ4n) is 1.69. The summed E-state index contributed by atoms with van der Waals surface area (Å²) >= 11 is 0. The fraction of sp³-hybridized carbons (Fsp3) is 0.462. The van der Waals surface area contributed by atoms with E-state index < -0.39 is 11.8 Å². The molecule has 2 atom stereocenters. The number of hydrogen-bond acceptors (Lipinski definition) is 3. The van der Waals surface area contributed by atoms with E-state index in [-0.39, 0.29) is 17.3 Å². The number of nitrogens with two attached hydrogens (primary N) is 1. The van der Waals surface area contributed by atoms with Crippen LogP contribution in [0.1, 0.15) is 37.6 Å². The number of carboxylic acids is 1. The summed E-state index contributed by atoms with van der Waals surface area (Å²) in [7, 11) is 0. The van der Waals surface area contributed by atoms with Gasteiger partial charge in [-0.15, -0.1) is 0 Å². The van der Waals surface area contributed by atoms with Crippen molar-refractivity contribution in [3.8, 4) is 0 Å². The van der Waals surface area contributed by atoms with Gasteiger partial charge in [-0.25, -0.2) is 9.18 Å². The number of benzene rings is 1. The van der Waals surface area contributed by atoms with Crippen LogP contribution in [0.15, 0.2) is 12.1 Å². The van der Waals surface area contributed by atoms with Crippen molar-refractivity contribution in [2.75, 3.05) is 11.1 Å². The summed E-state index contributed by atoms with van der Waals surface area (Å²) in [5, 5.41) is 12.2. The average Bonchev–Trinajstić information content (AvgIpc) is 2.32. The van der Waals surface area contributed by atoms with E-state index in [1.54, 1.807) is 0 Å². The fourth-order valence-corrected chi connectivity index (χ4v) is 1.69. The lowest BCUT2D eigenvalue weighted by molar-refractivity contribution is 0.0698. The van der Waals surface area contributed by atoms with Crippen molar-refractivity contribution in [1.29, 1.82) is 0 Å². The lowest BCUT2D eigenvalue weighted by Crippen LogP contribution is -2.25. The number of hydrogen-bond donors (Lipinski definition) is 3. The molecule has 0 saturated carbocycles. The smallest absolute Gasteiger partial charge is 0.340 e. The molecule has 0 aliphatic heterocycles. The van der Waals surface area contributed by atoms with Crippen molar-refractivity contribution in [3.05, 3.63) is 23.5 Å². The summed E-state index contributed by atoms with van der Waals surface area (Å²) in [4.78, 5) is 11.1. The summed E-state index contributed by atoms with van der Waals surface area (Å²) in [6, 6.07) is 2.67. The van der Waals surface area contributed by atoms with Gasteiger partial charge in [0.2, 0.25) is 0 Å². The third-order valence-corrected chi connectivity index (χ3v) is 3.29. The molecule has 0 fully saturated rings. The normalized spacial score (nSPS) is 14.0. The Hall–Kier alpha value is -1.78. The minimum Gasteiger partial charge on any atom is -0.478 e. The maximum atomic E-state index is 13.3. The summed E-state index contributed by atoms with van der Waals surface area (Å²) < 4.78 is 13.3. The molecular weight excluding hydrogens is 235 g/mol. The zero-order valence-corrected chi connectivity index (χ0v) is 10.8. The Morgan fingerprint density at radius 2 is 2.11 bits per heavy atom. The van der Waals surface area contributed by atoms with Crippen LogP contribution < -0.4 is 11.1 Å². The third kappa shape index (κ3) is 2.91. The van der Waals surface area contributed by atoms with Crippen LogP contribution in [-0.2, 0) is 0 Å². The van der Waals surface area contributed by atoms with Crippen molar-refractivity contribution in [2.24, 2.45) is 5.92 Å². The minimum atomic E-state index is -1.23. The van der Waals surface area contributed by atoms with E-state index in [0.717, 1.165) is 6.42 Å². The number of nitrogens with one attached hydrogen (secondary N) is 1. The first kappa shape index (κ1) is 14.3. The van der Waals surface area contributed by atoms with Gasteiger partial charge >= 0.3 is 5.97 Å². The maximum Gasteiger partial charge on any atom is 0.340 e. The molecule has 1 aromatic rings. The molecule has 2 unspecified atom stereocenters. The first-order valence-electron chi connectivity index (χ1n) is 5.96. The first-order chi connectivity index (χ1) is 8.38. The van der Waals surface area contributed by atoms with Gasteiger partial charge in [0.15, 0.2) is 0 Å². The minimum absolute atomic E-state index is 0.0814. The van der Waals surface area contributed by atoms with E-state index >= 15 is 0 Å². The average molecular weight is 254 g/mol. The molecule has 1 aromatic carbocycles. The monoisotopic (exact) mass is 254 g/mol. The van der Waals surface area contributed by atoms with E-state index in [9.17, 15) is 9.18 Å². The predicted molar refractivity (Wildman–Crippen MR) is 70.3 cm³/mol. The van der Waals surface area contributed by atoms with Crippen molar-refractivity contribution in [1.82, 2.24) is 0 Å². The molecule has 0 spiro atoms. The number of anilines is 2. The molecule has 5 heteroatoms. The second-order valence-corrected chi connectivity index (χ2v) is 4.51. The number of rotatable bonds is 5. The zero-order chi connectivity index (χ0) is 13.9. The number of carboxylic acid groups (broad SMARTS) is 1. The molecule has 0 aromatic heterocycles. The Labute approximate surface area is 106 Å². The highest BCUT2D eigenvalue weighted by Gasteiger charge is 2.19. The van der Waals surface area contributed by atoms with E-state index in [4.69, 9.17) is 10.8 Å². The molecule has 1 rings (SSSR count). The number of carbonyl (C=O) groups is 1. The lowest BCUT2D eigenvalue weighted by atomic mass is 10.00. The Morgan fingerprint density at radius 1 is 1.50 bits per heavy atom. The quantitative estimate of drug-likeness (QED) is 0.706. The van der Waals surface area contributed by atoms with Crippen molar-refractivity contribution in [2.45, 2.75) is 33.2 Å². The van der Waals surface area contributed by atoms with Gasteiger partial charge in [0, 0.05) is 6.04 Å². The van der Waals surface area contributed by atoms with E-state index in [2.05, 4.69) is 19.2 Å². The Bertz CT molecular complexity index is 449. The van der Waals surface area contributed by atoms with Crippen LogP contribution in [0.5, 0.6) is 0 Å². The van der Waals surface area contributed by atoms with Gasteiger partial charge in [-0.2, -0.15) is 0 Å². The van der Waals surface area contributed by atoms with Gasteiger partial charge in [0.1, 0.15) is 11.4 Å². The molecule has 4 nitrogen and oxygen atoms in total. The Morgan fingerprint density at radius 3 is 2.61 bits per heavy atom. The second kappa shape index (κ2) is 5.71. The van der Waals surface area contributed by atoms with E-state index in [0.29, 0.717) is 11.6 Å². The summed E-state index contributed by atoms with van der Waals surface area (Å²) in [5.74, 6) is -1.57. The molecule has 0 radical (unpaired) electrons. The second-order valence-electron chi connectivity index (χ2n) is 4.51. The largest absolute Gasteiger partial charge is 0.478 e. The molecule has 18 heavy (non-hydrogen) atoms. The summed E-state index contributed by atoms with van der Waals surface area (Å²) in [6.45, 7) is 6.07. The molecule has 0 aliphatic rings. The molecular formula is C13H19FN2O2. The van der Waals surface area contributed by atoms with Gasteiger partial charge in [-0.05, 0) is 25.0 Å². The van der Waals surface area contributed by atoms with Crippen LogP contribution in [-0.4, -0.2) is 17.1 Å². The van der Waals surface area contributed by atoms with Crippen LogP contribution in [0, 0.1) is 11.7 Å². The highest BCUT2D eigenvalue weighted by Crippen LogP contribution is 2.26. The highest BCUT2D eigenvalue weighted by atomic mass is 19.1. The van der Waals surface area contributed by atoms with Gasteiger partial charge in [-0.1, -0.05) is 20.3 Å². The number of aromatic carboxylic acids is 1. The summed E-state index contributed by atoms with van der Waals surface area (Å²) in [6.07, 6.45) is 0.966. The van der Waals surface area contributed by atoms with E-state index in [1.165, 1.54) is 12.1 Å². The van der Waals surface area contributed by atoms with Crippen LogP contribution >= 0.6 is 0 Å². The Kier molecular flexibility index (Phi) is 4.53. The maximum absolute atomic E-state index is 13.3. The topological polar surface area (TPSA) is 75.3 Å². The molecule has 0 aliphatic carbocycles. The molecule has 0 heterocycles. The Balaban J connectivity index is 3.10. The molecule has 0 bridgehead atoms. The van der Waals surface area contributed by atoms with Crippen molar-refractivity contribution >= 4 is 17.3 Å². The van der Waals surface area contributed by atoms with Crippen LogP contribution in [0.2, 0.25) is 0 Å². The van der Waals surface area contributed by atoms with Gasteiger partial charge < -0.3 is 16.2 Å². The van der Waals surface area contributed by atoms with Gasteiger partial charge in [0.25, 0.3) is 0 Å².